The fourth-order valence-corrected chi connectivity index (χ4v) is 5.66. The lowest BCUT2D eigenvalue weighted by atomic mass is 9.82. The molecule has 0 saturated carbocycles. The molecule has 0 radical (unpaired) electrons. The predicted molar refractivity (Wildman–Crippen MR) is 188 cm³/mol. The van der Waals surface area contributed by atoms with Crippen LogP contribution in [0.15, 0.2) is 58.5 Å². The minimum Gasteiger partial charge on any atom is -0.507 e. The molecule has 17 heteroatoms. The topological polar surface area (TPSA) is 224 Å². The summed E-state index contributed by atoms with van der Waals surface area (Å²) < 4.78 is 26.5. The molecule has 9 atom stereocenters. The molecule has 284 valence electrons. The standard InChI is InChI=1S/C12H20ClNO5.C12H14N2O3.C11H11NO4/c1-6-7(2)11(14-13)12(18-9(4)16)19-10(6)5-17-8(3)15;1-7-10(11(16)13-2)14-12(17-7)8-5-3-4-6-9(8)15;1-6-9(11(14)15)12-10(16-6)7-4-2-3-5-8(7)13/h6-7,10-12,14H,5H2,1-4H3;3-7,10,15H,1-2H3,(H,13,16);2-6,9,13H,1H3,(H,14,15)/t6-,7-,10?,11?,12-;7-,10-;6-,9-/m000/s1. The fourth-order valence-electron chi connectivity index (χ4n) is 5.36. The van der Waals surface area contributed by atoms with Gasteiger partial charge in [0.1, 0.15) is 30.3 Å². The van der Waals surface area contributed by atoms with Crippen molar-refractivity contribution >= 4 is 47.4 Å². The Morgan fingerprint density at radius 1 is 0.808 bits per heavy atom. The van der Waals surface area contributed by atoms with Gasteiger partial charge in [0.25, 0.3) is 0 Å². The van der Waals surface area contributed by atoms with Crippen molar-refractivity contribution < 1.29 is 58.2 Å². The Hall–Kier alpha value is -4.93. The first-order valence-electron chi connectivity index (χ1n) is 16.4. The molecular weight excluding hydrogens is 704 g/mol. The molecule has 0 aliphatic carbocycles. The van der Waals surface area contributed by atoms with Gasteiger partial charge in [-0.1, -0.05) is 38.1 Å². The molecule has 0 spiro atoms. The number of phenolic OH excluding ortho intramolecular Hbond substituents is 2. The van der Waals surface area contributed by atoms with Crippen LogP contribution in [-0.4, -0.2) is 107 Å². The number of nitrogens with one attached hydrogen (secondary N) is 2. The van der Waals surface area contributed by atoms with E-state index in [4.69, 9.17) is 40.6 Å². The quantitative estimate of drug-likeness (QED) is 0.194. The number of rotatable bonds is 8. The molecule has 2 unspecified atom stereocenters. The molecular formula is C35H45ClN4O12. The van der Waals surface area contributed by atoms with E-state index in [0.717, 1.165) is 0 Å². The third-order valence-corrected chi connectivity index (χ3v) is 8.73. The van der Waals surface area contributed by atoms with Crippen molar-refractivity contribution in [1.82, 2.24) is 10.2 Å². The van der Waals surface area contributed by atoms with Gasteiger partial charge in [-0.25, -0.2) is 19.6 Å². The molecule has 1 amide bonds. The van der Waals surface area contributed by atoms with Crippen LogP contribution in [0.4, 0.5) is 0 Å². The second-order valence-corrected chi connectivity index (χ2v) is 12.4. The number of carbonyl (C=O) groups is 4. The van der Waals surface area contributed by atoms with Gasteiger partial charge in [-0.2, -0.15) is 0 Å². The molecule has 0 aromatic heterocycles. The number of aromatic hydroxyl groups is 2. The summed E-state index contributed by atoms with van der Waals surface area (Å²) in [6.45, 7) is 10.1. The van der Waals surface area contributed by atoms with E-state index in [2.05, 4.69) is 20.1 Å². The number of aliphatic carboxylic acids is 1. The van der Waals surface area contributed by atoms with E-state index < -0.39 is 36.4 Å². The van der Waals surface area contributed by atoms with E-state index in [1.165, 1.54) is 19.9 Å². The van der Waals surface area contributed by atoms with Gasteiger partial charge in [-0.15, -0.1) is 0 Å². The second-order valence-electron chi connectivity index (χ2n) is 12.2. The number of carboxylic acid groups (broad SMARTS) is 1. The van der Waals surface area contributed by atoms with Gasteiger partial charge < -0.3 is 44.3 Å². The highest BCUT2D eigenvalue weighted by molar-refractivity contribution is 6.13. The molecule has 3 heterocycles. The first-order chi connectivity index (χ1) is 24.6. The Balaban J connectivity index is 0.000000211. The van der Waals surface area contributed by atoms with Crippen LogP contribution in [0.2, 0.25) is 0 Å². The van der Waals surface area contributed by atoms with Gasteiger partial charge in [0, 0.05) is 20.9 Å². The largest absolute Gasteiger partial charge is 0.507 e. The Bertz CT molecular complexity index is 1640. The fraction of sp³-hybridized carbons (Fsp3) is 0.486. The number of aliphatic imine (C=N–C) groups is 2. The molecule has 52 heavy (non-hydrogen) atoms. The smallest absolute Gasteiger partial charge is 0.332 e. The van der Waals surface area contributed by atoms with Crippen molar-refractivity contribution in [3.8, 4) is 11.5 Å². The molecule has 16 nitrogen and oxygen atoms in total. The lowest BCUT2D eigenvalue weighted by molar-refractivity contribution is -0.236. The molecule has 5 rings (SSSR count). The molecule has 1 saturated heterocycles. The van der Waals surface area contributed by atoms with Gasteiger partial charge in [-0.3, -0.25) is 14.4 Å². The van der Waals surface area contributed by atoms with Gasteiger partial charge in [0.15, 0.2) is 12.1 Å². The zero-order valence-electron chi connectivity index (χ0n) is 29.8. The van der Waals surface area contributed by atoms with Crippen LogP contribution in [0.25, 0.3) is 0 Å². The first-order valence-corrected chi connectivity index (χ1v) is 16.8. The summed E-state index contributed by atoms with van der Waals surface area (Å²) in [5.74, 6) is -1.24. The normalized spacial score (nSPS) is 27.4. The third kappa shape index (κ3) is 10.8. The van der Waals surface area contributed by atoms with Gasteiger partial charge in [0.05, 0.1) is 23.3 Å². The van der Waals surface area contributed by atoms with Crippen LogP contribution in [0, 0.1) is 11.8 Å². The van der Waals surface area contributed by atoms with E-state index in [1.54, 1.807) is 63.4 Å². The number of para-hydroxylation sites is 2. The van der Waals surface area contributed by atoms with Crippen molar-refractivity contribution in [1.29, 1.82) is 0 Å². The summed E-state index contributed by atoms with van der Waals surface area (Å²) >= 11 is 5.69. The number of ether oxygens (including phenoxy) is 5. The number of carboxylic acids is 1. The molecule has 2 aromatic carbocycles. The van der Waals surface area contributed by atoms with E-state index in [9.17, 15) is 29.4 Å². The molecule has 0 bridgehead atoms. The average Bonchev–Trinajstić information content (AvgIpc) is 3.68. The number of carbonyl (C=O) groups excluding carboxylic acids is 3. The van der Waals surface area contributed by atoms with Crippen LogP contribution in [0.1, 0.15) is 52.7 Å². The first kappa shape index (κ1) is 41.5. The number of esters is 2. The molecule has 2 aromatic rings. The van der Waals surface area contributed by atoms with E-state index >= 15 is 0 Å². The highest BCUT2D eigenvalue weighted by Crippen LogP contribution is 2.32. The number of halogens is 1. The molecule has 1 fully saturated rings. The summed E-state index contributed by atoms with van der Waals surface area (Å²) in [5.41, 5.74) is 0.920. The average molecular weight is 749 g/mol. The Labute approximate surface area is 306 Å². The molecule has 3 aliphatic heterocycles. The lowest BCUT2D eigenvalue weighted by Crippen LogP contribution is -2.56. The summed E-state index contributed by atoms with van der Waals surface area (Å²) in [6.07, 6.45) is -1.97. The van der Waals surface area contributed by atoms with Crippen LogP contribution >= 0.6 is 11.8 Å². The Morgan fingerprint density at radius 2 is 1.31 bits per heavy atom. The minimum atomic E-state index is -1.03. The Morgan fingerprint density at radius 3 is 1.73 bits per heavy atom. The van der Waals surface area contributed by atoms with Crippen LogP contribution in [0.3, 0.4) is 0 Å². The number of hydrogen-bond donors (Lipinski definition) is 5. The monoisotopic (exact) mass is 748 g/mol. The number of phenols is 2. The van der Waals surface area contributed by atoms with Crippen molar-refractivity contribution in [2.75, 3.05) is 13.7 Å². The highest BCUT2D eigenvalue weighted by Gasteiger charge is 2.43. The third-order valence-electron chi connectivity index (χ3n) is 8.48. The van der Waals surface area contributed by atoms with Gasteiger partial charge in [-0.05, 0) is 61.7 Å². The zero-order valence-corrected chi connectivity index (χ0v) is 30.6. The summed E-state index contributed by atoms with van der Waals surface area (Å²) in [6, 6.07) is 11.5. The maximum Gasteiger partial charge on any atom is 0.332 e. The zero-order chi connectivity index (χ0) is 38.7. The predicted octanol–water partition coefficient (Wildman–Crippen LogP) is 2.90. The van der Waals surface area contributed by atoms with Crippen LogP contribution in [0.5, 0.6) is 11.5 Å². The second kappa shape index (κ2) is 19.1. The number of benzene rings is 2. The number of amides is 1. The lowest BCUT2D eigenvalue weighted by Gasteiger charge is -2.43. The summed E-state index contributed by atoms with van der Waals surface area (Å²) in [5, 5.41) is 30.7. The SMILES string of the molecule is CC(=O)OCC1O[C@H](OC(C)=O)C(NCl)[C@@H](C)[C@@H]1C.CNC(=O)[C@H]1N=C(c2ccccc2O)O[C@H]1C.C[C@@H]1OC(c2ccccc2O)=N[C@@H]1C(=O)O. The minimum absolute atomic E-state index is 0.0273. The summed E-state index contributed by atoms with van der Waals surface area (Å²) in [7, 11) is 1.56. The van der Waals surface area contributed by atoms with Gasteiger partial charge >= 0.3 is 17.9 Å². The van der Waals surface area contributed by atoms with Crippen molar-refractivity contribution in [3.63, 3.8) is 0 Å². The molecule has 5 N–H and O–H groups in total. The maximum atomic E-state index is 11.5. The maximum absolute atomic E-state index is 11.5. The van der Waals surface area contributed by atoms with Gasteiger partial charge in [0.2, 0.25) is 24.0 Å². The van der Waals surface area contributed by atoms with Crippen molar-refractivity contribution in [2.24, 2.45) is 21.8 Å². The molecule has 3 aliphatic rings. The van der Waals surface area contributed by atoms with Crippen LogP contribution < -0.4 is 10.2 Å². The highest BCUT2D eigenvalue weighted by atomic mass is 35.5. The van der Waals surface area contributed by atoms with E-state index in [1.807, 2.05) is 13.8 Å². The number of hydrogen-bond acceptors (Lipinski definition) is 14. The summed E-state index contributed by atoms with van der Waals surface area (Å²) in [4.78, 5) is 55.0. The number of likely N-dealkylation sites (N-methyl/N-ethyl adjacent to an activating group) is 1. The van der Waals surface area contributed by atoms with Crippen molar-refractivity contribution in [3.05, 3.63) is 59.7 Å². The number of nitrogens with zero attached hydrogens (tertiary/aromatic N) is 2. The van der Waals surface area contributed by atoms with E-state index in [0.29, 0.717) is 17.0 Å². The van der Waals surface area contributed by atoms with Crippen LogP contribution in [-0.2, 0) is 42.9 Å². The van der Waals surface area contributed by atoms with E-state index in [-0.39, 0.29) is 66.0 Å². The van der Waals surface area contributed by atoms with Crippen molar-refractivity contribution in [2.45, 2.75) is 84.3 Å². The Kier molecular flexibility index (Phi) is 15.2.